The van der Waals surface area contributed by atoms with Gasteiger partial charge < -0.3 is 9.84 Å². The molecular weight excluding hydrogens is 268 g/mol. The van der Waals surface area contributed by atoms with E-state index in [9.17, 15) is 5.11 Å². The van der Waals surface area contributed by atoms with Gasteiger partial charge >= 0.3 is 0 Å². The van der Waals surface area contributed by atoms with Crippen molar-refractivity contribution in [2.24, 2.45) is 5.41 Å². The molecule has 0 saturated heterocycles. The van der Waals surface area contributed by atoms with Gasteiger partial charge in [-0.2, -0.15) is 0 Å². The minimum absolute atomic E-state index is 0.147. The van der Waals surface area contributed by atoms with E-state index in [0.717, 1.165) is 29.5 Å². The van der Waals surface area contributed by atoms with Gasteiger partial charge in [0, 0.05) is 6.61 Å². The van der Waals surface area contributed by atoms with Crippen molar-refractivity contribution >= 4 is 15.9 Å². The molecule has 0 radical (unpaired) electrons. The maximum Gasteiger partial charge on any atom is 0.133 e. The van der Waals surface area contributed by atoms with Crippen LogP contribution in [-0.2, 0) is 6.42 Å². The second-order valence-corrected chi connectivity index (χ2v) is 5.51. The Morgan fingerprint density at radius 1 is 1.44 bits per heavy atom. The van der Waals surface area contributed by atoms with Crippen LogP contribution in [0.5, 0.6) is 5.75 Å². The van der Waals surface area contributed by atoms with Crippen molar-refractivity contribution in [3.8, 4) is 5.75 Å². The number of benzene rings is 1. The smallest absolute Gasteiger partial charge is 0.133 e. The molecule has 1 N–H and O–H groups in total. The number of methoxy groups -OCH3 is 1. The summed E-state index contributed by atoms with van der Waals surface area (Å²) in [6, 6.07) is 6.15. The van der Waals surface area contributed by atoms with Gasteiger partial charge in [-0.05, 0) is 58.3 Å². The molecule has 0 amide bonds. The molecule has 0 aromatic heterocycles. The second-order valence-electron chi connectivity index (χ2n) is 4.66. The Hall–Kier alpha value is -0.540. The maximum absolute atomic E-state index is 9.43. The van der Waals surface area contributed by atoms with Crippen LogP contribution in [0.2, 0.25) is 0 Å². The van der Waals surface area contributed by atoms with Crippen molar-refractivity contribution in [3.05, 3.63) is 28.2 Å². The third-order valence-electron chi connectivity index (χ3n) is 3.54. The molecule has 1 aromatic carbocycles. The summed E-state index contributed by atoms with van der Waals surface area (Å²) in [5, 5.41) is 9.43. The molecule has 1 aromatic rings. The number of aliphatic hydroxyl groups is 1. The molecule has 16 heavy (non-hydrogen) atoms. The minimum atomic E-state index is 0.147. The molecule has 1 aliphatic carbocycles. The van der Waals surface area contributed by atoms with Crippen molar-refractivity contribution in [1.82, 2.24) is 0 Å². The number of hydrogen-bond acceptors (Lipinski definition) is 2. The van der Waals surface area contributed by atoms with E-state index >= 15 is 0 Å². The maximum atomic E-state index is 9.43. The summed E-state index contributed by atoms with van der Waals surface area (Å²) in [5.74, 6) is 0.857. The first-order valence-electron chi connectivity index (χ1n) is 5.62. The van der Waals surface area contributed by atoms with Gasteiger partial charge in [-0.15, -0.1) is 0 Å². The Bertz CT molecular complexity index is 367. The topological polar surface area (TPSA) is 29.5 Å². The van der Waals surface area contributed by atoms with Crippen LogP contribution >= 0.6 is 15.9 Å². The Morgan fingerprint density at radius 2 is 2.19 bits per heavy atom. The standard InChI is InChI=1S/C13H17BrO2/c1-16-12-4-3-10(7-11(12)14)8-13(9-15)5-2-6-13/h3-4,7,15H,2,5-6,8-9H2,1H3. The molecule has 88 valence electrons. The van der Waals surface area contributed by atoms with Gasteiger partial charge in [-0.3, -0.25) is 0 Å². The van der Waals surface area contributed by atoms with Gasteiger partial charge in [0.1, 0.15) is 5.75 Å². The summed E-state index contributed by atoms with van der Waals surface area (Å²) >= 11 is 3.49. The quantitative estimate of drug-likeness (QED) is 0.920. The number of rotatable bonds is 4. The van der Waals surface area contributed by atoms with E-state index in [0.29, 0.717) is 6.61 Å². The monoisotopic (exact) mass is 284 g/mol. The molecule has 0 aliphatic heterocycles. The molecule has 0 bridgehead atoms. The Balaban J connectivity index is 2.13. The van der Waals surface area contributed by atoms with E-state index in [1.165, 1.54) is 12.0 Å². The second kappa shape index (κ2) is 4.76. The molecule has 2 nitrogen and oxygen atoms in total. The highest BCUT2D eigenvalue weighted by atomic mass is 79.9. The van der Waals surface area contributed by atoms with E-state index in [-0.39, 0.29) is 5.41 Å². The van der Waals surface area contributed by atoms with Crippen molar-refractivity contribution in [2.75, 3.05) is 13.7 Å². The van der Waals surface area contributed by atoms with Crippen molar-refractivity contribution in [1.29, 1.82) is 0 Å². The highest BCUT2D eigenvalue weighted by Crippen LogP contribution is 2.43. The van der Waals surface area contributed by atoms with Crippen molar-refractivity contribution < 1.29 is 9.84 Å². The van der Waals surface area contributed by atoms with E-state index < -0.39 is 0 Å². The molecule has 0 heterocycles. The first-order chi connectivity index (χ1) is 7.69. The lowest BCUT2D eigenvalue weighted by Gasteiger charge is -2.40. The van der Waals surface area contributed by atoms with Crippen LogP contribution in [0.3, 0.4) is 0 Å². The molecule has 1 saturated carbocycles. The summed E-state index contributed by atoms with van der Waals surface area (Å²) in [7, 11) is 1.67. The zero-order chi connectivity index (χ0) is 11.6. The van der Waals surface area contributed by atoms with Crippen LogP contribution in [0.4, 0.5) is 0 Å². The van der Waals surface area contributed by atoms with Gasteiger partial charge in [0.15, 0.2) is 0 Å². The third kappa shape index (κ3) is 2.25. The normalized spacial score (nSPS) is 17.9. The molecule has 3 heteroatoms. The lowest BCUT2D eigenvalue weighted by molar-refractivity contribution is 0.0450. The van der Waals surface area contributed by atoms with Crippen LogP contribution in [-0.4, -0.2) is 18.8 Å². The Labute approximate surface area is 105 Å². The number of halogens is 1. The lowest BCUT2D eigenvalue weighted by atomic mass is 9.66. The number of aliphatic hydroxyl groups excluding tert-OH is 1. The molecular formula is C13H17BrO2. The van der Waals surface area contributed by atoms with Crippen LogP contribution in [0.1, 0.15) is 24.8 Å². The average Bonchev–Trinajstić information content (AvgIpc) is 2.24. The SMILES string of the molecule is COc1ccc(CC2(CO)CCC2)cc1Br. The van der Waals surface area contributed by atoms with Crippen LogP contribution in [0, 0.1) is 5.41 Å². The summed E-state index contributed by atoms with van der Waals surface area (Å²) < 4.78 is 6.19. The zero-order valence-electron chi connectivity index (χ0n) is 9.50. The molecule has 2 rings (SSSR count). The van der Waals surface area contributed by atoms with E-state index in [1.54, 1.807) is 7.11 Å². The van der Waals surface area contributed by atoms with Gasteiger partial charge in [0.05, 0.1) is 11.6 Å². The van der Waals surface area contributed by atoms with Gasteiger partial charge in [-0.1, -0.05) is 12.5 Å². The predicted molar refractivity (Wildman–Crippen MR) is 67.8 cm³/mol. The molecule has 1 aliphatic rings. The molecule has 0 unspecified atom stereocenters. The Kier molecular flexibility index (Phi) is 3.55. The van der Waals surface area contributed by atoms with Gasteiger partial charge in [0.25, 0.3) is 0 Å². The fraction of sp³-hybridized carbons (Fsp3) is 0.538. The third-order valence-corrected chi connectivity index (χ3v) is 4.16. The summed E-state index contributed by atoms with van der Waals surface area (Å²) in [6.45, 7) is 0.302. The summed E-state index contributed by atoms with van der Waals surface area (Å²) in [6.07, 6.45) is 4.50. The highest BCUT2D eigenvalue weighted by molar-refractivity contribution is 9.10. The fourth-order valence-electron chi connectivity index (χ4n) is 2.32. The van der Waals surface area contributed by atoms with Gasteiger partial charge in [0.2, 0.25) is 0 Å². The number of hydrogen-bond donors (Lipinski definition) is 1. The Morgan fingerprint density at radius 3 is 2.62 bits per heavy atom. The van der Waals surface area contributed by atoms with Crippen molar-refractivity contribution in [2.45, 2.75) is 25.7 Å². The van der Waals surface area contributed by atoms with Crippen LogP contribution < -0.4 is 4.74 Å². The average molecular weight is 285 g/mol. The highest BCUT2D eigenvalue weighted by Gasteiger charge is 2.36. The van der Waals surface area contributed by atoms with Crippen molar-refractivity contribution in [3.63, 3.8) is 0 Å². The van der Waals surface area contributed by atoms with Gasteiger partial charge in [-0.25, -0.2) is 0 Å². The first-order valence-corrected chi connectivity index (χ1v) is 6.42. The number of ether oxygens (including phenoxy) is 1. The van der Waals surface area contributed by atoms with E-state index in [2.05, 4.69) is 28.1 Å². The van der Waals surface area contributed by atoms with Crippen LogP contribution in [0.15, 0.2) is 22.7 Å². The summed E-state index contributed by atoms with van der Waals surface area (Å²) in [4.78, 5) is 0. The minimum Gasteiger partial charge on any atom is -0.496 e. The fourth-order valence-corrected chi connectivity index (χ4v) is 2.91. The molecule has 1 fully saturated rings. The summed E-state index contributed by atoms with van der Waals surface area (Å²) in [5.41, 5.74) is 1.41. The largest absolute Gasteiger partial charge is 0.496 e. The molecule has 0 atom stereocenters. The lowest BCUT2D eigenvalue weighted by Crippen LogP contribution is -2.35. The van der Waals surface area contributed by atoms with E-state index in [1.807, 2.05) is 6.07 Å². The first kappa shape index (κ1) is 11.9. The molecule has 0 spiro atoms. The van der Waals surface area contributed by atoms with Crippen LogP contribution in [0.25, 0.3) is 0 Å². The zero-order valence-corrected chi connectivity index (χ0v) is 11.1. The van der Waals surface area contributed by atoms with E-state index in [4.69, 9.17) is 4.74 Å². The predicted octanol–water partition coefficient (Wildman–Crippen LogP) is 3.16.